The van der Waals surface area contributed by atoms with Crippen LogP contribution in [0.15, 0.2) is 0 Å². The molecule has 1 atom stereocenters. The van der Waals surface area contributed by atoms with Crippen molar-refractivity contribution in [1.82, 2.24) is 10.2 Å². The minimum absolute atomic E-state index is 0.0862. The summed E-state index contributed by atoms with van der Waals surface area (Å²) >= 11 is 1.80. The summed E-state index contributed by atoms with van der Waals surface area (Å²) in [6.45, 7) is 2.12. The molecule has 104 valence electrons. The average molecular weight is 277 g/mol. The van der Waals surface area contributed by atoms with Gasteiger partial charge in [0.1, 0.15) is 10.0 Å². The predicted molar refractivity (Wildman–Crippen MR) is 76.9 cm³/mol. The van der Waals surface area contributed by atoms with E-state index >= 15 is 0 Å². The molecule has 3 nitrogen and oxygen atoms in total. The second kappa shape index (κ2) is 4.52. The highest BCUT2D eigenvalue weighted by molar-refractivity contribution is 7.11. The van der Waals surface area contributed by atoms with Crippen LogP contribution >= 0.6 is 11.3 Å². The lowest BCUT2D eigenvalue weighted by Gasteiger charge is -2.53. The highest BCUT2D eigenvalue weighted by Gasteiger charge is 2.49. The van der Waals surface area contributed by atoms with Gasteiger partial charge in [-0.3, -0.25) is 0 Å². The third-order valence-corrected chi connectivity index (χ3v) is 6.88. The smallest absolute Gasteiger partial charge is 0.134 e. The van der Waals surface area contributed by atoms with E-state index in [-0.39, 0.29) is 6.04 Å². The van der Waals surface area contributed by atoms with Crippen molar-refractivity contribution in [3.05, 3.63) is 10.0 Å². The van der Waals surface area contributed by atoms with Crippen LogP contribution < -0.4 is 5.73 Å². The molecule has 0 radical (unpaired) electrons. The lowest BCUT2D eigenvalue weighted by atomic mass is 9.52. The Bertz CT molecular complexity index is 442. The van der Waals surface area contributed by atoms with Crippen LogP contribution in [0.1, 0.15) is 67.4 Å². The van der Waals surface area contributed by atoms with E-state index in [4.69, 9.17) is 5.73 Å². The Morgan fingerprint density at radius 1 is 1.11 bits per heavy atom. The van der Waals surface area contributed by atoms with Crippen molar-refractivity contribution in [2.75, 3.05) is 0 Å². The lowest BCUT2D eigenvalue weighted by Crippen LogP contribution is -2.43. The second-order valence-corrected chi connectivity index (χ2v) is 7.99. The molecule has 2 N–H and O–H groups in total. The van der Waals surface area contributed by atoms with Gasteiger partial charge in [0.15, 0.2) is 0 Å². The molecule has 1 aromatic rings. The van der Waals surface area contributed by atoms with Crippen molar-refractivity contribution in [3.8, 4) is 0 Å². The van der Waals surface area contributed by atoms with Crippen molar-refractivity contribution in [2.24, 2.45) is 29.4 Å². The van der Waals surface area contributed by atoms with Crippen LogP contribution in [0.25, 0.3) is 0 Å². The van der Waals surface area contributed by atoms with Crippen molar-refractivity contribution in [2.45, 2.75) is 57.4 Å². The van der Waals surface area contributed by atoms with Gasteiger partial charge < -0.3 is 5.73 Å². The Hall–Kier alpha value is -0.480. The minimum Gasteiger partial charge on any atom is -0.322 e. The van der Waals surface area contributed by atoms with Crippen LogP contribution in [-0.4, -0.2) is 10.2 Å². The lowest BCUT2D eigenvalue weighted by molar-refractivity contribution is -0.00303. The van der Waals surface area contributed by atoms with Crippen LogP contribution in [0.3, 0.4) is 0 Å². The van der Waals surface area contributed by atoms with E-state index in [1.165, 1.54) is 37.1 Å². The summed E-state index contributed by atoms with van der Waals surface area (Å²) in [6, 6.07) is 0.0862. The van der Waals surface area contributed by atoms with Crippen LogP contribution in [-0.2, 0) is 0 Å². The first-order chi connectivity index (χ1) is 9.24. The van der Waals surface area contributed by atoms with E-state index in [0.29, 0.717) is 5.92 Å². The summed E-state index contributed by atoms with van der Waals surface area (Å²) in [5.74, 6) is 4.57. The van der Waals surface area contributed by atoms with Crippen molar-refractivity contribution < 1.29 is 0 Å². The van der Waals surface area contributed by atoms with E-state index in [1.54, 1.807) is 11.3 Å². The topological polar surface area (TPSA) is 51.8 Å². The largest absolute Gasteiger partial charge is 0.322 e. The molecule has 4 aliphatic carbocycles. The average Bonchev–Trinajstić information content (AvgIpc) is 2.86. The normalized spacial score (nSPS) is 41.7. The highest BCUT2D eigenvalue weighted by Crippen LogP contribution is 2.60. The molecular formula is C15H23N3S. The molecule has 0 aliphatic heterocycles. The van der Waals surface area contributed by atoms with Crippen LogP contribution in [0.4, 0.5) is 0 Å². The predicted octanol–water partition coefficient (Wildman–Crippen LogP) is 3.49. The van der Waals surface area contributed by atoms with Crippen LogP contribution in [0, 0.1) is 23.7 Å². The summed E-state index contributed by atoms with van der Waals surface area (Å²) < 4.78 is 0. The molecule has 19 heavy (non-hydrogen) atoms. The van der Waals surface area contributed by atoms with E-state index in [2.05, 4.69) is 17.1 Å². The maximum Gasteiger partial charge on any atom is 0.134 e. The maximum atomic E-state index is 6.09. The fraction of sp³-hybridized carbons (Fsp3) is 0.867. The molecule has 1 heterocycles. The van der Waals surface area contributed by atoms with Crippen LogP contribution in [0.5, 0.6) is 0 Å². The molecule has 0 saturated heterocycles. The van der Waals surface area contributed by atoms with Gasteiger partial charge in [-0.1, -0.05) is 18.3 Å². The number of nitrogens with two attached hydrogens (primary N) is 1. The third-order valence-electron chi connectivity index (χ3n) is 5.73. The van der Waals surface area contributed by atoms with Crippen molar-refractivity contribution >= 4 is 11.3 Å². The monoisotopic (exact) mass is 277 g/mol. The first kappa shape index (κ1) is 12.3. The van der Waals surface area contributed by atoms with E-state index in [0.717, 1.165) is 35.1 Å². The van der Waals surface area contributed by atoms with Gasteiger partial charge in [-0.2, -0.15) is 0 Å². The molecule has 1 unspecified atom stereocenters. The number of aromatic nitrogens is 2. The SMILES string of the molecule is CCC(N)c1nnc(C2C3CC4CC(C3)CC2C4)s1. The quantitative estimate of drug-likeness (QED) is 0.920. The minimum atomic E-state index is 0.0862. The Morgan fingerprint density at radius 3 is 2.32 bits per heavy atom. The summed E-state index contributed by atoms with van der Waals surface area (Å²) in [6.07, 6.45) is 8.27. The zero-order chi connectivity index (χ0) is 13.0. The van der Waals surface area contributed by atoms with Gasteiger partial charge in [0.2, 0.25) is 0 Å². The Kier molecular flexibility index (Phi) is 2.92. The molecule has 4 fully saturated rings. The fourth-order valence-electron chi connectivity index (χ4n) is 5.03. The number of rotatable bonds is 3. The number of nitrogens with zero attached hydrogens (tertiary/aromatic N) is 2. The van der Waals surface area contributed by atoms with Gasteiger partial charge in [-0.25, -0.2) is 0 Å². The van der Waals surface area contributed by atoms with Gasteiger partial charge in [0, 0.05) is 5.92 Å². The van der Waals surface area contributed by atoms with Gasteiger partial charge in [-0.15, -0.1) is 10.2 Å². The van der Waals surface area contributed by atoms with Crippen molar-refractivity contribution in [3.63, 3.8) is 0 Å². The molecule has 1 aromatic heterocycles. The van der Waals surface area contributed by atoms with E-state index in [9.17, 15) is 0 Å². The molecule has 4 saturated carbocycles. The maximum absolute atomic E-state index is 6.09. The summed E-state index contributed by atoms with van der Waals surface area (Å²) in [5.41, 5.74) is 6.09. The first-order valence-corrected chi connectivity index (χ1v) is 8.65. The van der Waals surface area contributed by atoms with Gasteiger partial charge in [0.25, 0.3) is 0 Å². The zero-order valence-electron chi connectivity index (χ0n) is 11.6. The van der Waals surface area contributed by atoms with Gasteiger partial charge in [-0.05, 0) is 62.2 Å². The molecule has 4 heteroatoms. The fourth-order valence-corrected chi connectivity index (χ4v) is 6.25. The Balaban J connectivity index is 1.60. The number of hydrogen-bond acceptors (Lipinski definition) is 4. The molecule has 5 rings (SSSR count). The molecule has 0 amide bonds. The molecule has 4 aliphatic rings. The molecule has 0 aromatic carbocycles. The summed E-state index contributed by atoms with van der Waals surface area (Å²) in [4.78, 5) is 0. The summed E-state index contributed by atoms with van der Waals surface area (Å²) in [5, 5.41) is 11.2. The van der Waals surface area contributed by atoms with Crippen LogP contribution in [0.2, 0.25) is 0 Å². The Labute approximate surface area is 119 Å². The molecule has 0 spiro atoms. The zero-order valence-corrected chi connectivity index (χ0v) is 12.4. The van der Waals surface area contributed by atoms with Gasteiger partial charge in [0.05, 0.1) is 6.04 Å². The van der Waals surface area contributed by atoms with Crippen molar-refractivity contribution in [1.29, 1.82) is 0 Å². The Morgan fingerprint density at radius 2 is 1.74 bits per heavy atom. The van der Waals surface area contributed by atoms with E-state index in [1.807, 2.05) is 0 Å². The highest BCUT2D eigenvalue weighted by atomic mass is 32.1. The first-order valence-electron chi connectivity index (χ1n) is 7.83. The standard InChI is InChI=1S/C15H23N3S/c1-2-12(16)14-17-18-15(19-14)13-10-4-8-3-9(6-10)7-11(13)5-8/h8-13H,2-7,16H2,1H3. The molecule has 4 bridgehead atoms. The number of hydrogen-bond donors (Lipinski definition) is 1. The van der Waals surface area contributed by atoms with E-state index < -0.39 is 0 Å². The molecular weight excluding hydrogens is 254 g/mol. The third kappa shape index (κ3) is 1.95. The second-order valence-electron chi connectivity index (χ2n) is 6.95. The van der Waals surface area contributed by atoms with Gasteiger partial charge >= 0.3 is 0 Å². The summed E-state index contributed by atoms with van der Waals surface area (Å²) in [7, 11) is 0.